The number of likely N-dealkylation sites (tertiary alicyclic amines) is 1. The summed E-state index contributed by atoms with van der Waals surface area (Å²) in [6.07, 6.45) is -0.743. The number of amides is 1. The molecule has 0 aromatic heterocycles. The number of benzene rings is 1. The Morgan fingerprint density at radius 2 is 1.90 bits per heavy atom. The highest BCUT2D eigenvalue weighted by atomic mass is 32.2. The lowest BCUT2D eigenvalue weighted by molar-refractivity contribution is -0.137. The Labute approximate surface area is 179 Å². The Kier molecular flexibility index (Phi) is 7.24. The van der Waals surface area contributed by atoms with Gasteiger partial charge >= 0.3 is 6.18 Å². The first-order chi connectivity index (χ1) is 14.6. The second-order valence-electron chi connectivity index (χ2n) is 8.01. The van der Waals surface area contributed by atoms with E-state index in [2.05, 4.69) is 16.1 Å². The molecule has 3 rings (SSSR count). The summed E-state index contributed by atoms with van der Waals surface area (Å²) in [6, 6.07) is 5.25. The van der Waals surface area contributed by atoms with Gasteiger partial charge in [0.05, 0.1) is 23.1 Å². The number of nitrogens with zero attached hydrogens (tertiary/aromatic N) is 2. The van der Waals surface area contributed by atoms with Gasteiger partial charge in [0.25, 0.3) is 0 Å². The van der Waals surface area contributed by atoms with Gasteiger partial charge in [-0.15, -0.1) is 0 Å². The fourth-order valence-corrected chi connectivity index (χ4v) is 5.23. The maximum atomic E-state index is 12.6. The van der Waals surface area contributed by atoms with Crippen LogP contribution in [0, 0.1) is 17.2 Å². The highest BCUT2D eigenvalue weighted by molar-refractivity contribution is 7.89. The molecule has 0 radical (unpaired) electrons. The third-order valence-electron chi connectivity index (χ3n) is 5.86. The Morgan fingerprint density at radius 3 is 2.55 bits per heavy atom. The SMILES string of the molecule is N#C[C@@H]1CCCN1C(=O)CN[C@H]1CC[C@@H](CNS(=O)(=O)c2ccc(C(F)(F)F)cc2)C1. The molecule has 0 spiro atoms. The quantitative estimate of drug-likeness (QED) is 0.653. The molecule has 2 aliphatic rings. The summed E-state index contributed by atoms with van der Waals surface area (Å²) in [5.74, 6) is -0.0361. The second-order valence-corrected chi connectivity index (χ2v) is 9.77. The van der Waals surface area contributed by atoms with Gasteiger partial charge in [-0.1, -0.05) is 0 Å². The van der Waals surface area contributed by atoms with Crippen LogP contribution in [-0.4, -0.2) is 50.9 Å². The molecule has 1 aliphatic carbocycles. The van der Waals surface area contributed by atoms with Gasteiger partial charge in [-0.3, -0.25) is 4.79 Å². The molecule has 1 heterocycles. The summed E-state index contributed by atoms with van der Waals surface area (Å²) in [5, 5.41) is 12.3. The molecule has 31 heavy (non-hydrogen) atoms. The molecule has 0 bridgehead atoms. The largest absolute Gasteiger partial charge is 0.416 e. The van der Waals surface area contributed by atoms with Crippen molar-refractivity contribution < 1.29 is 26.4 Å². The van der Waals surface area contributed by atoms with Gasteiger partial charge in [-0.2, -0.15) is 18.4 Å². The van der Waals surface area contributed by atoms with Crippen LogP contribution in [0.15, 0.2) is 29.2 Å². The number of hydrogen-bond acceptors (Lipinski definition) is 5. The first kappa shape index (κ1) is 23.5. The third kappa shape index (κ3) is 5.96. The number of nitrogens with one attached hydrogen (secondary N) is 2. The summed E-state index contributed by atoms with van der Waals surface area (Å²) in [5.41, 5.74) is -0.902. The van der Waals surface area contributed by atoms with Crippen molar-refractivity contribution in [3.05, 3.63) is 29.8 Å². The number of halogens is 3. The van der Waals surface area contributed by atoms with Crippen molar-refractivity contribution in [2.75, 3.05) is 19.6 Å². The minimum Gasteiger partial charge on any atom is -0.326 e. The van der Waals surface area contributed by atoms with Gasteiger partial charge in [0.1, 0.15) is 6.04 Å². The molecule has 1 aromatic carbocycles. The Bertz CT molecular complexity index is 928. The van der Waals surface area contributed by atoms with Crippen LogP contribution in [-0.2, 0) is 21.0 Å². The zero-order valence-corrected chi connectivity index (χ0v) is 17.7. The first-order valence-electron chi connectivity index (χ1n) is 10.2. The average Bonchev–Trinajstić information content (AvgIpc) is 3.39. The predicted molar refractivity (Wildman–Crippen MR) is 106 cm³/mol. The molecular weight excluding hydrogens is 433 g/mol. The molecule has 1 saturated carbocycles. The number of hydrogen-bond donors (Lipinski definition) is 2. The molecule has 1 aromatic rings. The number of nitriles is 1. The van der Waals surface area contributed by atoms with Gasteiger partial charge in [-0.25, -0.2) is 13.1 Å². The van der Waals surface area contributed by atoms with E-state index < -0.39 is 21.8 Å². The van der Waals surface area contributed by atoms with Crippen molar-refractivity contribution in [3.8, 4) is 6.07 Å². The van der Waals surface area contributed by atoms with E-state index in [-0.39, 0.29) is 41.9 Å². The standard InChI is InChI=1S/C20H25F3N4O3S/c21-20(22,23)15-4-7-18(8-5-15)31(29,30)26-12-14-3-6-16(10-14)25-13-19(28)27-9-1-2-17(27)11-24/h4-5,7-8,14,16-17,25-26H,1-3,6,9-10,12-13H2/t14-,16+,17+/m1/s1. The molecule has 1 saturated heterocycles. The van der Waals surface area contributed by atoms with E-state index in [4.69, 9.17) is 5.26 Å². The summed E-state index contributed by atoms with van der Waals surface area (Å²) in [4.78, 5) is 13.7. The van der Waals surface area contributed by atoms with Crippen molar-refractivity contribution >= 4 is 15.9 Å². The van der Waals surface area contributed by atoms with E-state index in [0.29, 0.717) is 19.4 Å². The summed E-state index contributed by atoms with van der Waals surface area (Å²) < 4.78 is 65.1. The summed E-state index contributed by atoms with van der Waals surface area (Å²) in [7, 11) is -3.90. The fraction of sp³-hybridized carbons (Fsp3) is 0.600. The van der Waals surface area contributed by atoms with Gasteiger partial charge in [-0.05, 0) is 62.3 Å². The molecule has 1 aliphatic heterocycles. The normalized spacial score (nSPS) is 24.3. The first-order valence-corrected chi connectivity index (χ1v) is 11.7. The predicted octanol–water partition coefficient (Wildman–Crippen LogP) is 2.26. The molecule has 170 valence electrons. The third-order valence-corrected chi connectivity index (χ3v) is 7.30. The van der Waals surface area contributed by atoms with Crippen LogP contribution in [0.1, 0.15) is 37.7 Å². The van der Waals surface area contributed by atoms with Crippen LogP contribution in [0.3, 0.4) is 0 Å². The number of carbonyl (C=O) groups excluding carboxylic acids is 1. The lowest BCUT2D eigenvalue weighted by Crippen LogP contribution is -2.43. The maximum Gasteiger partial charge on any atom is 0.416 e. The summed E-state index contributed by atoms with van der Waals surface area (Å²) in [6.45, 7) is 0.919. The minimum absolute atomic E-state index is 0.0652. The molecule has 1 amide bonds. The molecule has 3 atom stereocenters. The number of sulfonamides is 1. The second kappa shape index (κ2) is 9.54. The zero-order chi connectivity index (χ0) is 22.6. The van der Waals surface area contributed by atoms with Gasteiger partial charge in [0, 0.05) is 19.1 Å². The molecule has 7 nitrogen and oxygen atoms in total. The van der Waals surface area contributed by atoms with Crippen molar-refractivity contribution in [2.24, 2.45) is 5.92 Å². The topological polar surface area (TPSA) is 102 Å². The molecule has 2 N–H and O–H groups in total. The van der Waals surface area contributed by atoms with Crippen LogP contribution in [0.4, 0.5) is 13.2 Å². The number of carbonyl (C=O) groups is 1. The number of rotatable bonds is 7. The zero-order valence-electron chi connectivity index (χ0n) is 16.9. The van der Waals surface area contributed by atoms with E-state index in [9.17, 15) is 26.4 Å². The van der Waals surface area contributed by atoms with Crippen molar-refractivity contribution in [3.63, 3.8) is 0 Å². The average molecular weight is 459 g/mol. The van der Waals surface area contributed by atoms with Crippen LogP contribution in [0.25, 0.3) is 0 Å². The highest BCUT2D eigenvalue weighted by Gasteiger charge is 2.32. The van der Waals surface area contributed by atoms with Crippen LogP contribution < -0.4 is 10.0 Å². The minimum atomic E-state index is -4.52. The van der Waals surface area contributed by atoms with Gasteiger partial charge < -0.3 is 10.2 Å². The lowest BCUT2D eigenvalue weighted by atomic mass is 10.1. The molecule has 2 fully saturated rings. The van der Waals surface area contributed by atoms with Crippen molar-refractivity contribution in [1.29, 1.82) is 5.26 Å². The fourth-order valence-electron chi connectivity index (χ4n) is 4.11. The molecule has 11 heteroatoms. The Balaban J connectivity index is 1.45. The monoisotopic (exact) mass is 458 g/mol. The van der Waals surface area contributed by atoms with E-state index in [1.807, 2.05) is 0 Å². The lowest BCUT2D eigenvalue weighted by Gasteiger charge is -2.21. The van der Waals surface area contributed by atoms with E-state index in [1.165, 1.54) is 0 Å². The van der Waals surface area contributed by atoms with Gasteiger partial charge in [0.15, 0.2) is 0 Å². The number of alkyl halides is 3. The highest BCUT2D eigenvalue weighted by Crippen LogP contribution is 2.30. The summed E-state index contributed by atoms with van der Waals surface area (Å²) >= 11 is 0. The van der Waals surface area contributed by atoms with E-state index in [1.54, 1.807) is 4.90 Å². The Morgan fingerprint density at radius 1 is 1.19 bits per heavy atom. The van der Waals surface area contributed by atoms with E-state index in [0.717, 1.165) is 43.5 Å². The van der Waals surface area contributed by atoms with Crippen LogP contribution >= 0.6 is 0 Å². The van der Waals surface area contributed by atoms with Crippen LogP contribution in [0.2, 0.25) is 0 Å². The van der Waals surface area contributed by atoms with Crippen molar-refractivity contribution in [2.45, 2.75) is 55.3 Å². The van der Waals surface area contributed by atoms with E-state index >= 15 is 0 Å². The Hall–Kier alpha value is -2.16. The molecule has 0 unspecified atom stereocenters. The maximum absolute atomic E-state index is 12.6. The van der Waals surface area contributed by atoms with Gasteiger partial charge in [0.2, 0.25) is 15.9 Å². The molecular formula is C20H25F3N4O3S. The van der Waals surface area contributed by atoms with Crippen LogP contribution in [0.5, 0.6) is 0 Å². The van der Waals surface area contributed by atoms with Crippen molar-refractivity contribution in [1.82, 2.24) is 14.9 Å². The smallest absolute Gasteiger partial charge is 0.326 e.